The molecule has 0 amide bonds. The first kappa shape index (κ1) is 19.9. The van der Waals surface area contributed by atoms with E-state index in [1.165, 1.54) is 0 Å². The van der Waals surface area contributed by atoms with E-state index in [9.17, 15) is 14.4 Å². The van der Waals surface area contributed by atoms with E-state index in [1.807, 2.05) is 6.92 Å². The first-order valence-corrected chi connectivity index (χ1v) is 4.19. The maximum atomic E-state index is 9.76. The molecule has 4 nitrogen and oxygen atoms in total. The molecule has 0 bridgehead atoms. The smallest absolute Gasteiger partial charge is 0.790 e. The summed E-state index contributed by atoms with van der Waals surface area (Å²) in [5, 5.41) is 0. The predicted octanol–water partition coefficient (Wildman–Crippen LogP) is -6.36. The second-order valence-electron chi connectivity index (χ2n) is 1.63. The summed E-state index contributed by atoms with van der Waals surface area (Å²) in [4.78, 5) is 19.5. The van der Waals surface area contributed by atoms with Gasteiger partial charge in [0.1, 0.15) is 0 Å². The number of phosphoric acid groups is 1. The van der Waals surface area contributed by atoms with Crippen LogP contribution in [0.3, 0.4) is 0 Å². The summed E-state index contributed by atoms with van der Waals surface area (Å²) >= 11 is 0. The van der Waals surface area contributed by atoms with Crippen molar-refractivity contribution >= 4 is 7.82 Å². The fraction of sp³-hybridized carbons (Fsp3) is 1.00. The van der Waals surface area contributed by atoms with Crippen LogP contribution >= 0.6 is 7.82 Å². The van der Waals surface area contributed by atoms with Gasteiger partial charge in [0.2, 0.25) is 0 Å². The number of rotatable bonds is 4. The zero-order valence-electron chi connectivity index (χ0n) is 7.20. The van der Waals surface area contributed by atoms with Gasteiger partial charge in [0.05, 0.1) is 14.4 Å². The average Bonchev–Trinajstić information content (AvgIpc) is 1.63. The van der Waals surface area contributed by atoms with Crippen molar-refractivity contribution in [3.63, 3.8) is 0 Å². The Labute approximate surface area is 152 Å². The van der Waals surface area contributed by atoms with Crippen LogP contribution in [-0.2, 0) is 9.09 Å². The van der Waals surface area contributed by atoms with Gasteiger partial charge in [-0.2, -0.15) is 0 Å². The van der Waals surface area contributed by atoms with E-state index in [0.717, 1.165) is 6.42 Å². The summed E-state index contributed by atoms with van der Waals surface area (Å²) in [5.74, 6) is 0. The molecule has 0 spiro atoms. The molecule has 0 aliphatic rings. The van der Waals surface area contributed by atoms with Crippen molar-refractivity contribution in [3.8, 4) is 0 Å². The summed E-state index contributed by atoms with van der Waals surface area (Å²) in [6.07, 6.45) is 1.43. The molecule has 0 saturated heterocycles. The third-order valence-corrected chi connectivity index (χ3v) is 1.25. The maximum absolute atomic E-state index is 9.76. The van der Waals surface area contributed by atoms with Crippen LogP contribution in [0.25, 0.3) is 0 Å². The van der Waals surface area contributed by atoms with Crippen LogP contribution in [0.4, 0.5) is 0 Å². The van der Waals surface area contributed by atoms with E-state index in [1.54, 1.807) is 0 Å². The molecule has 0 heterocycles. The Bertz CT molecular complexity index is 115. The third-order valence-electron chi connectivity index (χ3n) is 0.747. The summed E-state index contributed by atoms with van der Waals surface area (Å²) in [6.45, 7) is 1.89. The molecule has 0 atom stereocenters. The molecular formula is C4H9K2O4P. The molecular weight excluding hydrogens is 221 g/mol. The van der Waals surface area contributed by atoms with Gasteiger partial charge in [-0.1, -0.05) is 13.3 Å². The Hall–Kier alpha value is 3.38. The number of unbranched alkanes of at least 4 members (excludes halogenated alkanes) is 1. The van der Waals surface area contributed by atoms with Crippen LogP contribution in [-0.4, -0.2) is 6.61 Å². The van der Waals surface area contributed by atoms with Crippen LogP contribution in [0.1, 0.15) is 19.8 Å². The van der Waals surface area contributed by atoms with Crippen LogP contribution in [0.15, 0.2) is 0 Å². The standard InChI is InChI=1S/C4H11O4P.2K/c1-2-3-4-8-9(5,6)7;;/h2-4H2,1H3,(H2,5,6,7);;/q;2*+1/p-2. The van der Waals surface area contributed by atoms with Crippen molar-refractivity contribution in [2.45, 2.75) is 19.8 Å². The molecule has 0 aromatic heterocycles. The van der Waals surface area contributed by atoms with E-state index < -0.39 is 7.82 Å². The zero-order valence-corrected chi connectivity index (χ0v) is 14.3. The van der Waals surface area contributed by atoms with E-state index in [4.69, 9.17) is 0 Å². The Balaban J connectivity index is -0.000000320. The van der Waals surface area contributed by atoms with Crippen LogP contribution in [0.2, 0.25) is 0 Å². The summed E-state index contributed by atoms with van der Waals surface area (Å²) in [6, 6.07) is 0. The third kappa shape index (κ3) is 19.7. The van der Waals surface area contributed by atoms with Crippen LogP contribution in [0.5, 0.6) is 0 Å². The Morgan fingerprint density at radius 2 is 1.82 bits per heavy atom. The van der Waals surface area contributed by atoms with Crippen molar-refractivity contribution < 1.29 is 122 Å². The molecule has 0 aromatic rings. The Kier molecular flexibility index (Phi) is 20.7. The second kappa shape index (κ2) is 11.5. The van der Waals surface area contributed by atoms with Gasteiger partial charge in [0.15, 0.2) is 0 Å². The van der Waals surface area contributed by atoms with Gasteiger partial charge >= 0.3 is 103 Å². The second-order valence-corrected chi connectivity index (χ2v) is 2.79. The summed E-state index contributed by atoms with van der Waals surface area (Å²) in [7, 11) is -4.70. The van der Waals surface area contributed by atoms with Crippen molar-refractivity contribution in [1.29, 1.82) is 0 Å². The van der Waals surface area contributed by atoms with Crippen molar-refractivity contribution in [1.82, 2.24) is 0 Å². The average molecular weight is 230 g/mol. The minimum Gasteiger partial charge on any atom is -0.790 e. The van der Waals surface area contributed by atoms with Gasteiger partial charge in [-0.15, -0.1) is 0 Å². The number of hydrogen-bond acceptors (Lipinski definition) is 4. The molecule has 0 radical (unpaired) electrons. The molecule has 0 rings (SSSR count). The molecule has 0 saturated carbocycles. The molecule has 0 fully saturated rings. The van der Waals surface area contributed by atoms with Gasteiger partial charge in [0.25, 0.3) is 0 Å². The van der Waals surface area contributed by atoms with E-state index in [-0.39, 0.29) is 109 Å². The molecule has 0 unspecified atom stereocenters. The van der Waals surface area contributed by atoms with Gasteiger partial charge in [-0.3, -0.25) is 0 Å². The fourth-order valence-electron chi connectivity index (χ4n) is 0.321. The SMILES string of the molecule is CCCCOP(=O)([O-])[O-].[K+].[K+]. The van der Waals surface area contributed by atoms with E-state index in [0.29, 0.717) is 6.42 Å². The first-order valence-electron chi connectivity index (χ1n) is 2.73. The summed E-state index contributed by atoms with van der Waals surface area (Å²) in [5.41, 5.74) is 0. The minimum absolute atomic E-state index is 0. The van der Waals surface area contributed by atoms with Crippen LogP contribution in [0, 0.1) is 0 Å². The quantitative estimate of drug-likeness (QED) is 0.273. The Morgan fingerprint density at radius 3 is 2.09 bits per heavy atom. The normalized spacial score (nSPS) is 9.73. The maximum Gasteiger partial charge on any atom is 1.00 e. The molecule has 0 aromatic carbocycles. The molecule has 0 aliphatic carbocycles. The fourth-order valence-corrected chi connectivity index (χ4v) is 0.673. The van der Waals surface area contributed by atoms with Crippen molar-refractivity contribution in [3.05, 3.63) is 0 Å². The van der Waals surface area contributed by atoms with Crippen LogP contribution < -0.4 is 113 Å². The minimum atomic E-state index is -4.70. The first-order chi connectivity index (χ1) is 4.06. The van der Waals surface area contributed by atoms with E-state index >= 15 is 0 Å². The predicted molar refractivity (Wildman–Crippen MR) is 28.5 cm³/mol. The number of hydrogen-bond donors (Lipinski definition) is 0. The molecule has 56 valence electrons. The Morgan fingerprint density at radius 1 is 1.36 bits per heavy atom. The molecule has 0 N–H and O–H groups in total. The molecule has 7 heteroatoms. The number of phosphoric ester groups is 1. The molecule has 0 aliphatic heterocycles. The van der Waals surface area contributed by atoms with Gasteiger partial charge < -0.3 is 18.9 Å². The molecule has 11 heavy (non-hydrogen) atoms. The van der Waals surface area contributed by atoms with Crippen molar-refractivity contribution in [2.24, 2.45) is 0 Å². The van der Waals surface area contributed by atoms with Gasteiger partial charge in [0, 0.05) is 0 Å². The zero-order chi connectivity index (χ0) is 7.33. The van der Waals surface area contributed by atoms with Crippen molar-refractivity contribution in [2.75, 3.05) is 6.61 Å². The monoisotopic (exact) mass is 230 g/mol. The van der Waals surface area contributed by atoms with Gasteiger partial charge in [-0.25, -0.2) is 0 Å². The van der Waals surface area contributed by atoms with E-state index in [2.05, 4.69) is 4.52 Å². The van der Waals surface area contributed by atoms with Gasteiger partial charge in [-0.05, 0) is 6.42 Å². The largest absolute Gasteiger partial charge is 1.00 e. The summed E-state index contributed by atoms with van der Waals surface area (Å²) < 4.78 is 13.7. The topological polar surface area (TPSA) is 72.4 Å².